The topological polar surface area (TPSA) is 121 Å². The number of rotatable bonds is 5. The van der Waals surface area contributed by atoms with Crippen LogP contribution in [0.1, 0.15) is 9.67 Å². The minimum absolute atomic E-state index is 0.139. The number of nitrogens with zero attached hydrogens (tertiary/aromatic N) is 6. The van der Waals surface area contributed by atoms with E-state index in [0.717, 1.165) is 11.3 Å². The van der Waals surface area contributed by atoms with Crippen LogP contribution in [0.4, 0.5) is 15.2 Å². The molecule has 0 atom stereocenters. The lowest BCUT2D eigenvalue weighted by Crippen LogP contribution is -2.13. The lowest BCUT2D eigenvalue weighted by Gasteiger charge is -2.09. The highest BCUT2D eigenvalue weighted by molar-refractivity contribution is 7.17. The highest BCUT2D eigenvalue weighted by Crippen LogP contribution is 2.27. The molecule has 5 aromatic rings. The third-order valence-corrected chi connectivity index (χ3v) is 5.59. The van der Waals surface area contributed by atoms with E-state index in [-0.39, 0.29) is 27.5 Å². The number of benzene rings is 1. The van der Waals surface area contributed by atoms with Gasteiger partial charge in [0, 0.05) is 18.5 Å². The zero-order valence-corrected chi connectivity index (χ0v) is 16.9. The van der Waals surface area contributed by atoms with Crippen molar-refractivity contribution < 1.29 is 14.1 Å². The Hall–Kier alpha value is -4.45. The minimum atomic E-state index is -0.554. The van der Waals surface area contributed by atoms with Crippen molar-refractivity contribution in [3.05, 3.63) is 87.9 Å². The monoisotopic (exact) mass is 449 g/mol. The summed E-state index contributed by atoms with van der Waals surface area (Å²) in [6.07, 6.45) is 4.98. The van der Waals surface area contributed by atoms with Gasteiger partial charge >= 0.3 is 5.00 Å². The molecule has 0 aliphatic carbocycles. The predicted octanol–water partition coefficient (Wildman–Crippen LogP) is 3.97. The maximum absolute atomic E-state index is 13.4. The number of nitrogens with one attached hydrogen (secondary N) is 1. The molecule has 10 nitrogen and oxygen atoms in total. The molecule has 0 saturated heterocycles. The van der Waals surface area contributed by atoms with E-state index in [1.807, 2.05) is 0 Å². The molecule has 5 rings (SSSR count). The summed E-state index contributed by atoms with van der Waals surface area (Å²) in [5, 5.41) is 18.3. The van der Waals surface area contributed by atoms with Gasteiger partial charge in [-0.25, -0.2) is 9.07 Å². The molecule has 0 fully saturated rings. The van der Waals surface area contributed by atoms with E-state index in [1.54, 1.807) is 41.2 Å². The molecular formula is C20H12FN7O3S. The van der Waals surface area contributed by atoms with Gasteiger partial charge in [0.1, 0.15) is 11.6 Å². The molecule has 4 heterocycles. The molecule has 1 aromatic carbocycles. The Bertz CT molecular complexity index is 1460. The summed E-state index contributed by atoms with van der Waals surface area (Å²) in [5.74, 6) is -0.464. The summed E-state index contributed by atoms with van der Waals surface area (Å²) in [5.41, 5.74) is 0.965. The van der Waals surface area contributed by atoms with Crippen LogP contribution in [0.3, 0.4) is 0 Å². The van der Waals surface area contributed by atoms with Crippen LogP contribution in [0, 0.1) is 15.9 Å². The van der Waals surface area contributed by atoms with Gasteiger partial charge in [0.05, 0.1) is 27.1 Å². The number of carbonyl (C=O) groups is 1. The van der Waals surface area contributed by atoms with Crippen molar-refractivity contribution in [3.8, 4) is 11.6 Å². The second-order valence-corrected chi connectivity index (χ2v) is 7.64. The summed E-state index contributed by atoms with van der Waals surface area (Å²) >= 11 is 0.763. The summed E-state index contributed by atoms with van der Waals surface area (Å²) in [7, 11) is 0. The number of nitro groups is 1. The van der Waals surface area contributed by atoms with Gasteiger partial charge in [0.2, 0.25) is 5.95 Å². The van der Waals surface area contributed by atoms with Crippen molar-refractivity contribution in [3.63, 3.8) is 0 Å². The van der Waals surface area contributed by atoms with Gasteiger partial charge in [-0.3, -0.25) is 19.5 Å². The summed E-state index contributed by atoms with van der Waals surface area (Å²) in [4.78, 5) is 32.3. The largest absolute Gasteiger partial charge is 0.324 e. The average molecular weight is 449 g/mol. The normalized spacial score (nSPS) is 11.0. The molecule has 0 aliphatic heterocycles. The molecule has 0 saturated carbocycles. The first-order valence-corrected chi connectivity index (χ1v) is 10.0. The Morgan fingerprint density at radius 2 is 1.84 bits per heavy atom. The molecular weight excluding hydrogens is 437 g/mol. The van der Waals surface area contributed by atoms with Crippen LogP contribution in [0.15, 0.2) is 67.1 Å². The zero-order chi connectivity index (χ0) is 22.2. The van der Waals surface area contributed by atoms with Gasteiger partial charge in [-0.2, -0.15) is 15.1 Å². The Morgan fingerprint density at radius 1 is 1.09 bits per heavy atom. The number of hydrogen-bond acceptors (Lipinski definition) is 7. The van der Waals surface area contributed by atoms with Gasteiger partial charge in [0.15, 0.2) is 5.65 Å². The fourth-order valence-electron chi connectivity index (χ4n) is 3.06. The molecule has 32 heavy (non-hydrogen) atoms. The highest BCUT2D eigenvalue weighted by atomic mass is 32.1. The van der Waals surface area contributed by atoms with Crippen LogP contribution in [0.25, 0.3) is 22.7 Å². The summed E-state index contributed by atoms with van der Waals surface area (Å²) < 4.78 is 16.5. The molecule has 1 N–H and O–H groups in total. The van der Waals surface area contributed by atoms with Gasteiger partial charge in [-0.15, -0.1) is 0 Å². The third-order valence-electron chi connectivity index (χ3n) is 4.55. The molecule has 0 spiro atoms. The van der Waals surface area contributed by atoms with E-state index in [2.05, 4.69) is 20.4 Å². The second-order valence-electron chi connectivity index (χ2n) is 6.58. The second kappa shape index (κ2) is 7.67. The van der Waals surface area contributed by atoms with Crippen molar-refractivity contribution in [2.45, 2.75) is 0 Å². The number of halogens is 1. The number of carbonyl (C=O) groups excluding carboxylic acids is 1. The Labute approximate surface area is 182 Å². The number of hydrogen-bond donors (Lipinski definition) is 1. The van der Waals surface area contributed by atoms with Gasteiger partial charge < -0.3 is 5.32 Å². The number of fused-ring (bicyclic) bond motifs is 1. The first kappa shape index (κ1) is 19.5. The third kappa shape index (κ3) is 3.48. The Morgan fingerprint density at radius 3 is 2.53 bits per heavy atom. The number of aromatic nitrogens is 5. The molecule has 1 amide bonds. The maximum Gasteiger partial charge on any atom is 0.324 e. The summed E-state index contributed by atoms with van der Waals surface area (Å²) in [6, 6.07) is 12.0. The van der Waals surface area contributed by atoms with Crippen molar-refractivity contribution >= 4 is 39.1 Å². The lowest BCUT2D eigenvalue weighted by atomic mass is 10.3. The van der Waals surface area contributed by atoms with Gasteiger partial charge in [-0.1, -0.05) is 11.3 Å². The minimum Gasteiger partial charge on any atom is -0.305 e. The molecule has 0 unspecified atom stereocenters. The first-order valence-electron chi connectivity index (χ1n) is 9.20. The van der Waals surface area contributed by atoms with Crippen LogP contribution in [0.5, 0.6) is 0 Å². The smallest absolute Gasteiger partial charge is 0.305 e. The number of anilines is 1. The number of amides is 1. The fraction of sp³-hybridized carbons (Fsp3) is 0. The predicted molar refractivity (Wildman–Crippen MR) is 115 cm³/mol. The van der Waals surface area contributed by atoms with Gasteiger partial charge in [0.25, 0.3) is 5.91 Å². The fourth-order valence-corrected chi connectivity index (χ4v) is 3.78. The van der Waals surface area contributed by atoms with E-state index >= 15 is 0 Å². The van der Waals surface area contributed by atoms with Crippen LogP contribution in [-0.4, -0.2) is 35.1 Å². The van der Waals surface area contributed by atoms with Crippen LogP contribution in [0.2, 0.25) is 0 Å². The highest BCUT2D eigenvalue weighted by Gasteiger charge is 2.20. The molecule has 0 aliphatic rings. The van der Waals surface area contributed by atoms with Crippen molar-refractivity contribution in [1.29, 1.82) is 0 Å². The molecule has 0 bridgehead atoms. The van der Waals surface area contributed by atoms with Crippen LogP contribution < -0.4 is 5.32 Å². The van der Waals surface area contributed by atoms with E-state index < -0.39 is 10.8 Å². The van der Waals surface area contributed by atoms with E-state index in [9.17, 15) is 19.3 Å². The summed E-state index contributed by atoms with van der Waals surface area (Å²) in [6.45, 7) is 0. The average Bonchev–Trinajstić information content (AvgIpc) is 3.54. The van der Waals surface area contributed by atoms with E-state index in [4.69, 9.17) is 0 Å². The van der Waals surface area contributed by atoms with E-state index in [0.29, 0.717) is 16.7 Å². The lowest BCUT2D eigenvalue weighted by molar-refractivity contribution is -0.380. The SMILES string of the molecule is O=C(Nc1nc(-n2cccc2)nc2c1cnn2-c1ccc(F)cc1)c1ccc([N+](=O)[O-])s1. The van der Waals surface area contributed by atoms with E-state index in [1.165, 1.54) is 35.1 Å². The molecule has 12 heteroatoms. The van der Waals surface area contributed by atoms with Gasteiger partial charge in [-0.05, 0) is 42.5 Å². The molecule has 4 aromatic heterocycles. The van der Waals surface area contributed by atoms with Crippen molar-refractivity contribution in [2.24, 2.45) is 0 Å². The maximum atomic E-state index is 13.4. The van der Waals surface area contributed by atoms with Crippen molar-refractivity contribution in [1.82, 2.24) is 24.3 Å². The quantitative estimate of drug-likeness (QED) is 0.320. The van der Waals surface area contributed by atoms with Crippen LogP contribution in [-0.2, 0) is 0 Å². The van der Waals surface area contributed by atoms with Crippen molar-refractivity contribution in [2.75, 3.05) is 5.32 Å². The van der Waals surface area contributed by atoms with Crippen LogP contribution >= 0.6 is 11.3 Å². The standard InChI is InChI=1S/C20H12FN7O3S/c21-12-3-5-13(6-4-12)27-18-14(11-22-27)17(24-20(25-18)26-9-1-2-10-26)23-19(29)15-7-8-16(32-15)28(30)31/h1-11H,(H,23,24,25,29). The Balaban J connectivity index is 1.61. The first-order chi connectivity index (χ1) is 15.5. The Kier molecular flexibility index (Phi) is 4.67. The molecule has 0 radical (unpaired) electrons. The zero-order valence-electron chi connectivity index (χ0n) is 16.0. The molecule has 158 valence electrons. The number of thiophene rings is 1.